The second-order valence-corrected chi connectivity index (χ2v) is 7.40. The van der Waals surface area contributed by atoms with Gasteiger partial charge in [-0.05, 0) is 32.0 Å². The first-order valence-electron chi connectivity index (χ1n) is 7.59. The smallest absolute Gasteiger partial charge is 0.253 e. The molecule has 0 aliphatic rings. The number of aromatic nitrogens is 2. The summed E-state index contributed by atoms with van der Waals surface area (Å²) in [7, 11) is 0. The van der Waals surface area contributed by atoms with E-state index in [4.69, 9.17) is 23.2 Å². The molecule has 2 aromatic heterocycles. The number of hydrogen-bond acceptors (Lipinski definition) is 4. The lowest BCUT2D eigenvalue weighted by Crippen LogP contribution is -2.26. The fourth-order valence-electron chi connectivity index (χ4n) is 2.43. The quantitative estimate of drug-likeness (QED) is 0.655. The Morgan fingerprint density at radius 1 is 1.20 bits per heavy atom. The number of amides is 1. The van der Waals surface area contributed by atoms with Crippen molar-refractivity contribution in [3.05, 3.63) is 68.9 Å². The number of benzene rings is 1. The molecule has 1 unspecified atom stereocenters. The minimum atomic E-state index is -0.235. The van der Waals surface area contributed by atoms with Crippen molar-refractivity contribution in [1.29, 1.82) is 0 Å². The fraction of sp³-hybridized carbons (Fsp3) is 0.167. The summed E-state index contributed by atoms with van der Waals surface area (Å²) in [5.74, 6) is -0.235. The molecule has 0 aliphatic carbocycles. The van der Waals surface area contributed by atoms with Gasteiger partial charge in [-0.3, -0.25) is 9.78 Å². The van der Waals surface area contributed by atoms with Gasteiger partial charge in [-0.2, -0.15) is 0 Å². The van der Waals surface area contributed by atoms with Crippen molar-refractivity contribution < 1.29 is 4.79 Å². The number of rotatable bonds is 4. The molecule has 0 aliphatic heterocycles. The van der Waals surface area contributed by atoms with Crippen LogP contribution in [0.4, 0.5) is 0 Å². The van der Waals surface area contributed by atoms with Crippen LogP contribution in [0.3, 0.4) is 0 Å². The van der Waals surface area contributed by atoms with Gasteiger partial charge in [0, 0.05) is 23.0 Å². The summed E-state index contributed by atoms with van der Waals surface area (Å²) in [6.45, 7) is 3.87. The minimum absolute atomic E-state index is 0.185. The van der Waals surface area contributed by atoms with E-state index in [1.54, 1.807) is 23.6 Å². The zero-order valence-corrected chi connectivity index (χ0v) is 15.9. The van der Waals surface area contributed by atoms with Crippen LogP contribution < -0.4 is 5.32 Å². The van der Waals surface area contributed by atoms with Crippen LogP contribution in [0.2, 0.25) is 10.0 Å². The highest BCUT2D eigenvalue weighted by molar-refractivity contribution is 7.15. The molecule has 1 amide bonds. The van der Waals surface area contributed by atoms with E-state index in [0.717, 1.165) is 21.1 Å². The van der Waals surface area contributed by atoms with Gasteiger partial charge in [0.15, 0.2) is 0 Å². The molecule has 3 rings (SSSR count). The number of halogens is 2. The SMILES string of the molecule is Cc1nc(-c2ccc(Cl)cc2)sc1C(C)NC(=O)c1ccncc1Cl. The normalized spacial score (nSPS) is 12.0. The molecule has 3 aromatic rings. The molecular weight excluding hydrogens is 377 g/mol. The van der Waals surface area contributed by atoms with Gasteiger partial charge in [-0.15, -0.1) is 11.3 Å². The number of carbonyl (C=O) groups is 1. The van der Waals surface area contributed by atoms with Crippen molar-refractivity contribution in [1.82, 2.24) is 15.3 Å². The average molecular weight is 392 g/mol. The molecule has 1 N–H and O–H groups in total. The van der Waals surface area contributed by atoms with Gasteiger partial charge in [0.25, 0.3) is 5.91 Å². The highest BCUT2D eigenvalue weighted by Gasteiger charge is 2.19. The first kappa shape index (κ1) is 17.9. The number of pyridine rings is 1. The molecule has 4 nitrogen and oxygen atoms in total. The van der Waals surface area contributed by atoms with E-state index in [1.165, 1.54) is 6.20 Å². The largest absolute Gasteiger partial charge is 0.345 e. The average Bonchev–Trinajstić information content (AvgIpc) is 2.97. The summed E-state index contributed by atoms with van der Waals surface area (Å²) in [5.41, 5.74) is 2.30. The van der Waals surface area contributed by atoms with Crippen LogP contribution in [-0.4, -0.2) is 15.9 Å². The Morgan fingerprint density at radius 2 is 1.92 bits per heavy atom. The van der Waals surface area contributed by atoms with Crippen LogP contribution in [0.5, 0.6) is 0 Å². The first-order valence-corrected chi connectivity index (χ1v) is 9.16. The summed E-state index contributed by atoms with van der Waals surface area (Å²) in [6.07, 6.45) is 3.00. The van der Waals surface area contributed by atoms with Gasteiger partial charge in [-0.25, -0.2) is 4.98 Å². The molecular formula is C18H15Cl2N3OS. The van der Waals surface area contributed by atoms with Crippen LogP contribution >= 0.6 is 34.5 Å². The molecule has 1 aromatic carbocycles. The number of aryl methyl sites for hydroxylation is 1. The lowest BCUT2D eigenvalue weighted by molar-refractivity contribution is 0.0940. The zero-order chi connectivity index (χ0) is 18.0. The Kier molecular flexibility index (Phi) is 5.37. The van der Waals surface area contributed by atoms with E-state index in [-0.39, 0.29) is 11.9 Å². The van der Waals surface area contributed by atoms with E-state index < -0.39 is 0 Å². The van der Waals surface area contributed by atoms with Crippen molar-refractivity contribution >= 4 is 40.4 Å². The third-order valence-electron chi connectivity index (χ3n) is 3.68. The van der Waals surface area contributed by atoms with Gasteiger partial charge in [0.1, 0.15) is 5.01 Å². The van der Waals surface area contributed by atoms with E-state index in [1.807, 2.05) is 38.1 Å². The summed E-state index contributed by atoms with van der Waals surface area (Å²) in [4.78, 5) is 21.9. The Balaban J connectivity index is 1.81. The number of thiazole rings is 1. The van der Waals surface area contributed by atoms with Crippen molar-refractivity contribution in [3.63, 3.8) is 0 Å². The second-order valence-electron chi connectivity index (χ2n) is 5.53. The molecule has 0 radical (unpaired) electrons. The monoisotopic (exact) mass is 391 g/mol. The summed E-state index contributed by atoms with van der Waals surface area (Å²) in [5, 5.41) is 4.88. The molecule has 0 fully saturated rings. The molecule has 2 heterocycles. The van der Waals surface area contributed by atoms with E-state index in [2.05, 4.69) is 15.3 Å². The summed E-state index contributed by atoms with van der Waals surface area (Å²) >= 11 is 13.5. The Morgan fingerprint density at radius 3 is 2.60 bits per heavy atom. The molecule has 1 atom stereocenters. The summed E-state index contributed by atoms with van der Waals surface area (Å²) < 4.78 is 0. The third-order valence-corrected chi connectivity index (χ3v) is 5.62. The van der Waals surface area contributed by atoms with Crippen LogP contribution in [0, 0.1) is 6.92 Å². The predicted molar refractivity (Wildman–Crippen MR) is 102 cm³/mol. The van der Waals surface area contributed by atoms with Crippen molar-refractivity contribution in [2.45, 2.75) is 19.9 Å². The number of nitrogens with zero attached hydrogens (tertiary/aromatic N) is 2. The maximum absolute atomic E-state index is 12.4. The fourth-order valence-corrected chi connectivity index (χ4v) is 3.83. The Labute approximate surface area is 159 Å². The molecule has 0 saturated heterocycles. The summed E-state index contributed by atoms with van der Waals surface area (Å²) in [6, 6.07) is 8.96. The topological polar surface area (TPSA) is 54.9 Å². The molecule has 0 saturated carbocycles. The molecule has 25 heavy (non-hydrogen) atoms. The van der Waals surface area contributed by atoms with Crippen LogP contribution in [0.15, 0.2) is 42.7 Å². The Bertz CT molecular complexity index is 909. The zero-order valence-electron chi connectivity index (χ0n) is 13.6. The van der Waals surface area contributed by atoms with Gasteiger partial charge in [0.2, 0.25) is 0 Å². The van der Waals surface area contributed by atoms with Crippen molar-refractivity contribution in [3.8, 4) is 10.6 Å². The van der Waals surface area contributed by atoms with E-state index >= 15 is 0 Å². The first-order chi connectivity index (χ1) is 12.0. The lowest BCUT2D eigenvalue weighted by atomic mass is 10.2. The maximum Gasteiger partial charge on any atom is 0.253 e. The van der Waals surface area contributed by atoms with Crippen molar-refractivity contribution in [2.24, 2.45) is 0 Å². The highest BCUT2D eigenvalue weighted by Crippen LogP contribution is 2.32. The van der Waals surface area contributed by atoms with Gasteiger partial charge in [-0.1, -0.05) is 35.3 Å². The van der Waals surface area contributed by atoms with Crippen molar-refractivity contribution in [2.75, 3.05) is 0 Å². The van der Waals surface area contributed by atoms with Gasteiger partial charge in [0.05, 0.1) is 27.2 Å². The third kappa shape index (κ3) is 4.00. The molecule has 7 heteroatoms. The standard InChI is InChI=1S/C18H15Cl2N3OS/c1-10(22-17(24)14-7-8-21-9-15(14)20)16-11(2)23-18(25-16)12-3-5-13(19)6-4-12/h3-10H,1-2H3,(H,22,24). The predicted octanol–water partition coefficient (Wildman–Crippen LogP) is 5.31. The molecule has 0 spiro atoms. The number of hydrogen-bond donors (Lipinski definition) is 1. The minimum Gasteiger partial charge on any atom is -0.345 e. The Hall–Kier alpha value is -1.95. The second kappa shape index (κ2) is 7.52. The number of nitrogens with one attached hydrogen (secondary N) is 1. The number of carbonyl (C=O) groups excluding carboxylic acids is 1. The van der Waals surface area contributed by atoms with Crippen LogP contribution in [0.25, 0.3) is 10.6 Å². The molecule has 0 bridgehead atoms. The van der Waals surface area contributed by atoms with Gasteiger partial charge < -0.3 is 5.32 Å². The van der Waals surface area contributed by atoms with Crippen LogP contribution in [0.1, 0.15) is 33.9 Å². The maximum atomic E-state index is 12.4. The van der Waals surface area contributed by atoms with Crippen LogP contribution in [-0.2, 0) is 0 Å². The van der Waals surface area contributed by atoms with E-state index in [9.17, 15) is 4.79 Å². The van der Waals surface area contributed by atoms with E-state index in [0.29, 0.717) is 15.6 Å². The molecule has 128 valence electrons. The highest BCUT2D eigenvalue weighted by atomic mass is 35.5. The lowest BCUT2D eigenvalue weighted by Gasteiger charge is -2.13. The van der Waals surface area contributed by atoms with Gasteiger partial charge >= 0.3 is 0 Å².